The summed E-state index contributed by atoms with van der Waals surface area (Å²) in [6, 6.07) is 7.22. The van der Waals surface area contributed by atoms with Crippen molar-refractivity contribution in [3.8, 4) is 16.6 Å². The van der Waals surface area contributed by atoms with Crippen molar-refractivity contribution in [1.82, 2.24) is 9.55 Å². The van der Waals surface area contributed by atoms with Crippen molar-refractivity contribution in [1.29, 1.82) is 5.26 Å². The summed E-state index contributed by atoms with van der Waals surface area (Å²) in [6.45, 7) is 5.42. The van der Waals surface area contributed by atoms with Crippen LogP contribution < -0.4 is 0 Å². The topological polar surface area (TPSA) is 67.9 Å². The minimum atomic E-state index is -4.78. The van der Waals surface area contributed by atoms with Crippen molar-refractivity contribution in [3.63, 3.8) is 0 Å². The van der Waals surface area contributed by atoms with E-state index >= 15 is 0 Å². The fourth-order valence-electron chi connectivity index (χ4n) is 2.88. The Hall–Kier alpha value is -2.86. The molecule has 0 atom stereocenters. The molecule has 2 aromatic heterocycles. The van der Waals surface area contributed by atoms with E-state index in [9.17, 15) is 23.2 Å². The molecule has 0 aliphatic heterocycles. The van der Waals surface area contributed by atoms with Crippen LogP contribution in [0.2, 0.25) is 0 Å². The molecule has 2 heterocycles. The van der Waals surface area contributed by atoms with Crippen LogP contribution in [0.4, 0.5) is 13.2 Å². The molecule has 5 nitrogen and oxygen atoms in total. The number of fused-ring (bicyclic) bond motifs is 1. The van der Waals surface area contributed by atoms with Crippen molar-refractivity contribution in [3.05, 3.63) is 40.5 Å². The first-order valence-corrected chi connectivity index (χ1v) is 9.29. The number of nitriles is 1. The Morgan fingerprint density at radius 2 is 2.11 bits per heavy atom. The molecule has 28 heavy (non-hydrogen) atoms. The summed E-state index contributed by atoms with van der Waals surface area (Å²) in [5, 5.41) is 10.1. The number of alkyl halides is 3. The molecular formula is C19H16F3N3O2S. The van der Waals surface area contributed by atoms with E-state index in [2.05, 4.69) is 11.1 Å². The number of aromatic nitrogens is 2. The number of benzene rings is 1. The van der Waals surface area contributed by atoms with Gasteiger partial charge in [-0.1, -0.05) is 0 Å². The molecule has 0 aliphatic rings. The zero-order valence-electron chi connectivity index (χ0n) is 15.3. The third kappa shape index (κ3) is 3.47. The number of rotatable bonds is 4. The molecule has 0 spiro atoms. The highest BCUT2D eigenvalue weighted by Gasteiger charge is 2.40. The minimum absolute atomic E-state index is 0.0381. The Bertz CT molecular complexity index is 1090. The van der Waals surface area contributed by atoms with Crippen LogP contribution in [-0.4, -0.2) is 22.1 Å². The van der Waals surface area contributed by atoms with E-state index < -0.39 is 22.7 Å². The minimum Gasteiger partial charge on any atom is -0.462 e. The van der Waals surface area contributed by atoms with Crippen LogP contribution in [-0.2, 0) is 10.9 Å². The molecule has 0 N–H and O–H groups in total. The number of halogens is 3. The van der Waals surface area contributed by atoms with Gasteiger partial charge in [-0.15, -0.1) is 11.3 Å². The molecule has 0 saturated carbocycles. The van der Waals surface area contributed by atoms with Gasteiger partial charge in [-0.25, -0.2) is 9.78 Å². The largest absolute Gasteiger partial charge is 0.462 e. The first kappa shape index (κ1) is 19.9. The molecule has 3 rings (SSSR count). The smallest absolute Gasteiger partial charge is 0.435 e. The van der Waals surface area contributed by atoms with Crippen LogP contribution in [0.1, 0.15) is 47.7 Å². The maximum absolute atomic E-state index is 13.3. The maximum Gasteiger partial charge on any atom is 0.435 e. The zero-order valence-corrected chi connectivity index (χ0v) is 16.1. The number of esters is 1. The fraction of sp³-hybridized carbons (Fsp3) is 0.316. The van der Waals surface area contributed by atoms with E-state index in [4.69, 9.17) is 4.74 Å². The van der Waals surface area contributed by atoms with Crippen LogP contribution in [0, 0.1) is 11.3 Å². The molecule has 0 fully saturated rings. The van der Waals surface area contributed by atoms with Crippen LogP contribution in [0.3, 0.4) is 0 Å². The second-order valence-electron chi connectivity index (χ2n) is 6.30. The maximum atomic E-state index is 13.3. The molecule has 0 bridgehead atoms. The van der Waals surface area contributed by atoms with Crippen molar-refractivity contribution < 1.29 is 22.7 Å². The summed E-state index contributed by atoms with van der Waals surface area (Å²) in [4.78, 5) is 15.0. The highest BCUT2D eigenvalue weighted by molar-refractivity contribution is 7.17. The van der Waals surface area contributed by atoms with Gasteiger partial charge < -0.3 is 9.30 Å². The molecule has 3 aromatic rings. The van der Waals surface area contributed by atoms with E-state index in [0.717, 1.165) is 5.52 Å². The number of ether oxygens (including phenoxy) is 1. The van der Waals surface area contributed by atoms with Crippen LogP contribution in [0.15, 0.2) is 24.4 Å². The third-order valence-electron chi connectivity index (χ3n) is 4.11. The second-order valence-corrected chi connectivity index (χ2v) is 7.30. The summed E-state index contributed by atoms with van der Waals surface area (Å²) in [7, 11) is 0. The summed E-state index contributed by atoms with van der Waals surface area (Å²) in [5.74, 6) is -1.05. The number of carbonyl (C=O) groups excluding carboxylic acids is 1. The zero-order chi connectivity index (χ0) is 20.6. The van der Waals surface area contributed by atoms with Crippen molar-refractivity contribution in [2.45, 2.75) is 33.0 Å². The van der Waals surface area contributed by atoms with E-state index in [1.165, 1.54) is 6.92 Å². The lowest BCUT2D eigenvalue weighted by Crippen LogP contribution is -2.13. The average Bonchev–Trinajstić information content (AvgIpc) is 3.23. The average molecular weight is 407 g/mol. The number of hydrogen-bond donors (Lipinski definition) is 0. The van der Waals surface area contributed by atoms with Gasteiger partial charge in [0.05, 0.1) is 12.2 Å². The second kappa shape index (κ2) is 7.28. The van der Waals surface area contributed by atoms with Gasteiger partial charge in [0.2, 0.25) is 0 Å². The number of nitrogens with zero attached hydrogens (tertiary/aromatic N) is 3. The fourth-order valence-corrected chi connectivity index (χ4v) is 3.85. The number of hydrogen-bond acceptors (Lipinski definition) is 5. The standard InChI is InChI=1S/C19H16F3N3O2S/c1-4-27-18(26)15-16(19(20,21)22)24-17(28-15)11-5-6-14-13(7-11)12(8-23)9-25(14)10(2)3/h5-7,9-10H,4H2,1-3H3. The van der Waals surface area contributed by atoms with Crippen molar-refractivity contribution >= 4 is 28.2 Å². The summed E-state index contributed by atoms with van der Waals surface area (Å²) < 4.78 is 46.7. The Labute approximate surface area is 163 Å². The van der Waals surface area contributed by atoms with E-state index in [0.29, 0.717) is 27.8 Å². The predicted molar refractivity (Wildman–Crippen MR) is 99.1 cm³/mol. The van der Waals surface area contributed by atoms with Crippen LogP contribution >= 0.6 is 11.3 Å². The van der Waals surface area contributed by atoms with Crippen molar-refractivity contribution in [2.24, 2.45) is 0 Å². The molecule has 0 amide bonds. The van der Waals surface area contributed by atoms with Gasteiger partial charge >= 0.3 is 12.1 Å². The van der Waals surface area contributed by atoms with Gasteiger partial charge in [0, 0.05) is 28.7 Å². The van der Waals surface area contributed by atoms with E-state index in [1.54, 1.807) is 24.4 Å². The lowest BCUT2D eigenvalue weighted by Gasteiger charge is -2.09. The van der Waals surface area contributed by atoms with Crippen LogP contribution in [0.25, 0.3) is 21.5 Å². The third-order valence-corrected chi connectivity index (χ3v) is 5.20. The first-order chi connectivity index (χ1) is 13.2. The highest BCUT2D eigenvalue weighted by atomic mass is 32.1. The van der Waals surface area contributed by atoms with Gasteiger partial charge in [0.25, 0.3) is 0 Å². The molecule has 0 radical (unpaired) electrons. The highest BCUT2D eigenvalue weighted by Crippen LogP contribution is 2.39. The van der Waals surface area contributed by atoms with Gasteiger partial charge in [-0.3, -0.25) is 0 Å². The monoisotopic (exact) mass is 407 g/mol. The molecule has 146 valence electrons. The summed E-state index contributed by atoms with van der Waals surface area (Å²) >= 11 is 0.627. The normalized spacial score (nSPS) is 11.8. The van der Waals surface area contributed by atoms with Gasteiger partial charge in [-0.2, -0.15) is 18.4 Å². The van der Waals surface area contributed by atoms with Gasteiger partial charge in [0.15, 0.2) is 5.69 Å². The molecule has 0 saturated heterocycles. The van der Waals surface area contributed by atoms with E-state index in [-0.39, 0.29) is 17.7 Å². The predicted octanol–water partition coefficient (Wildman–Crippen LogP) is 5.41. The Morgan fingerprint density at radius 3 is 2.68 bits per heavy atom. The molecule has 0 aliphatic carbocycles. The Balaban J connectivity index is 2.17. The quantitative estimate of drug-likeness (QED) is 0.542. The van der Waals surface area contributed by atoms with Gasteiger partial charge in [0.1, 0.15) is 16.0 Å². The summed E-state index contributed by atoms with van der Waals surface area (Å²) in [6.07, 6.45) is -3.06. The lowest BCUT2D eigenvalue weighted by atomic mass is 10.1. The Kier molecular flexibility index (Phi) is 5.17. The Morgan fingerprint density at radius 1 is 1.39 bits per heavy atom. The summed E-state index contributed by atoms with van der Waals surface area (Å²) in [5.41, 5.74) is 0.361. The molecule has 9 heteroatoms. The van der Waals surface area contributed by atoms with Crippen LogP contribution in [0.5, 0.6) is 0 Å². The molecular weight excluding hydrogens is 391 g/mol. The van der Waals surface area contributed by atoms with Crippen molar-refractivity contribution in [2.75, 3.05) is 6.61 Å². The number of carbonyl (C=O) groups is 1. The SMILES string of the molecule is CCOC(=O)c1sc(-c2ccc3c(c2)c(C#N)cn3C(C)C)nc1C(F)(F)F. The number of thiazole rings is 1. The molecule has 1 aromatic carbocycles. The van der Waals surface area contributed by atoms with E-state index in [1.807, 2.05) is 18.4 Å². The first-order valence-electron chi connectivity index (χ1n) is 8.47. The molecule has 0 unspecified atom stereocenters. The van der Waals surface area contributed by atoms with Gasteiger partial charge in [-0.05, 0) is 39.0 Å². The lowest BCUT2D eigenvalue weighted by molar-refractivity contribution is -0.141.